The number of hydrogen-bond acceptors (Lipinski definition) is 5. The fourth-order valence-electron chi connectivity index (χ4n) is 2.33. The van der Waals surface area contributed by atoms with Crippen LogP contribution in [-0.4, -0.2) is 31.3 Å². The van der Waals surface area contributed by atoms with E-state index in [0.29, 0.717) is 5.75 Å². The summed E-state index contributed by atoms with van der Waals surface area (Å²) in [7, 11) is 1.90. The third-order valence-electron chi connectivity index (χ3n) is 3.79. The molecule has 0 saturated carbocycles. The molecule has 0 aliphatic rings. The molecule has 0 fully saturated rings. The Bertz CT molecular complexity index is 828. The number of rotatable bonds is 6. The molecule has 6 heteroatoms. The smallest absolute Gasteiger partial charge is 0.191 e. The second-order valence-corrected chi connectivity index (χ2v) is 6.31. The van der Waals surface area contributed by atoms with Crippen LogP contribution >= 0.6 is 11.8 Å². The van der Waals surface area contributed by atoms with Crippen molar-refractivity contribution in [3.8, 4) is 11.4 Å². The summed E-state index contributed by atoms with van der Waals surface area (Å²) in [6.45, 7) is 2.10. The number of hydrogen-bond donors (Lipinski definition) is 0. The summed E-state index contributed by atoms with van der Waals surface area (Å²) in [5.41, 5.74) is 2.92. The van der Waals surface area contributed by atoms with E-state index in [1.807, 2.05) is 48.0 Å². The van der Waals surface area contributed by atoms with Gasteiger partial charge in [-0.2, -0.15) is 0 Å². The average Bonchev–Trinajstić information content (AvgIpc) is 3.01. The number of aromatic nitrogens is 4. The van der Waals surface area contributed by atoms with Crippen molar-refractivity contribution in [3.63, 3.8) is 0 Å². The van der Waals surface area contributed by atoms with Gasteiger partial charge in [0.25, 0.3) is 0 Å². The number of thioether (sulfide) groups is 1. The predicted octanol–water partition coefficient (Wildman–Crippen LogP) is 3.41. The minimum Gasteiger partial charge on any atom is -0.305 e. The van der Waals surface area contributed by atoms with Gasteiger partial charge in [0.05, 0.1) is 5.75 Å². The number of benzene rings is 1. The molecule has 2 heterocycles. The zero-order valence-corrected chi connectivity index (χ0v) is 14.5. The van der Waals surface area contributed by atoms with Crippen LogP contribution in [0.2, 0.25) is 0 Å². The second-order valence-electron chi connectivity index (χ2n) is 5.36. The monoisotopic (exact) mass is 338 g/mol. The molecule has 0 N–H and O–H groups in total. The number of Topliss-reactive ketones (excluding diaryl/α,β-unsaturated/α-hetero) is 1. The average molecular weight is 338 g/mol. The van der Waals surface area contributed by atoms with Gasteiger partial charge < -0.3 is 4.57 Å². The second kappa shape index (κ2) is 7.40. The van der Waals surface area contributed by atoms with Crippen molar-refractivity contribution in [2.24, 2.45) is 7.05 Å². The van der Waals surface area contributed by atoms with Crippen molar-refractivity contribution < 1.29 is 4.79 Å². The molecule has 3 rings (SSSR count). The Kier molecular flexibility index (Phi) is 5.05. The van der Waals surface area contributed by atoms with Crippen LogP contribution in [0.3, 0.4) is 0 Å². The minimum absolute atomic E-state index is 0.0936. The maximum Gasteiger partial charge on any atom is 0.191 e. The summed E-state index contributed by atoms with van der Waals surface area (Å²) in [5.74, 6) is 1.20. The summed E-state index contributed by atoms with van der Waals surface area (Å²) in [6.07, 6.45) is 4.42. The molecule has 0 amide bonds. The number of ketones is 1. The van der Waals surface area contributed by atoms with Crippen LogP contribution in [0.4, 0.5) is 0 Å². The first kappa shape index (κ1) is 16.4. The molecular formula is C18H18N4OS. The number of aryl methyl sites for hydroxylation is 1. The molecule has 0 saturated heterocycles. The van der Waals surface area contributed by atoms with E-state index < -0.39 is 0 Å². The fourth-order valence-corrected chi connectivity index (χ4v) is 3.14. The third-order valence-corrected chi connectivity index (χ3v) is 4.81. The molecule has 3 aromatic rings. The summed E-state index contributed by atoms with van der Waals surface area (Å²) in [4.78, 5) is 16.3. The molecule has 0 aliphatic heterocycles. The Labute approximate surface area is 145 Å². The van der Waals surface area contributed by atoms with Crippen molar-refractivity contribution in [2.75, 3.05) is 5.75 Å². The molecule has 122 valence electrons. The van der Waals surface area contributed by atoms with Gasteiger partial charge in [0.1, 0.15) is 0 Å². The normalized spacial score (nSPS) is 10.8. The van der Waals surface area contributed by atoms with Crippen LogP contribution in [0, 0.1) is 0 Å². The van der Waals surface area contributed by atoms with Gasteiger partial charge in [0.2, 0.25) is 0 Å². The van der Waals surface area contributed by atoms with E-state index in [1.165, 1.54) is 17.3 Å². The van der Waals surface area contributed by atoms with Crippen LogP contribution in [0.5, 0.6) is 0 Å². The maximum atomic E-state index is 12.3. The number of carbonyl (C=O) groups excluding carboxylic acids is 1. The first-order valence-corrected chi connectivity index (χ1v) is 8.72. The number of nitrogens with zero attached hydrogens (tertiary/aromatic N) is 4. The quantitative estimate of drug-likeness (QED) is 0.509. The molecule has 24 heavy (non-hydrogen) atoms. The van der Waals surface area contributed by atoms with Gasteiger partial charge in [-0.3, -0.25) is 9.78 Å². The first-order chi connectivity index (χ1) is 11.7. The third kappa shape index (κ3) is 3.54. The van der Waals surface area contributed by atoms with Gasteiger partial charge in [-0.25, -0.2) is 0 Å². The Morgan fingerprint density at radius 1 is 1.08 bits per heavy atom. The van der Waals surface area contributed by atoms with Gasteiger partial charge in [0, 0.05) is 30.6 Å². The minimum atomic E-state index is 0.0936. The largest absolute Gasteiger partial charge is 0.305 e. The fraction of sp³-hybridized carbons (Fsp3) is 0.222. The Morgan fingerprint density at radius 2 is 1.79 bits per heavy atom. The van der Waals surface area contributed by atoms with E-state index in [0.717, 1.165) is 28.5 Å². The molecule has 2 aromatic heterocycles. The molecule has 0 spiro atoms. The predicted molar refractivity (Wildman–Crippen MR) is 95.1 cm³/mol. The SMILES string of the molecule is CCc1ccc(C(=O)CSc2nnc(-c3ccncc3)n2C)cc1. The highest BCUT2D eigenvalue weighted by atomic mass is 32.2. The Balaban J connectivity index is 1.68. The van der Waals surface area contributed by atoms with Gasteiger partial charge in [-0.1, -0.05) is 43.0 Å². The summed E-state index contributed by atoms with van der Waals surface area (Å²) in [6, 6.07) is 11.6. The Morgan fingerprint density at radius 3 is 2.46 bits per heavy atom. The molecule has 1 aromatic carbocycles. The van der Waals surface area contributed by atoms with Crippen LogP contribution in [0.1, 0.15) is 22.8 Å². The lowest BCUT2D eigenvalue weighted by molar-refractivity contribution is 0.102. The zero-order chi connectivity index (χ0) is 16.9. The molecule has 0 aliphatic carbocycles. The van der Waals surface area contributed by atoms with Crippen molar-refractivity contribution in [2.45, 2.75) is 18.5 Å². The van der Waals surface area contributed by atoms with E-state index in [1.54, 1.807) is 12.4 Å². The summed E-state index contributed by atoms with van der Waals surface area (Å²) < 4.78 is 1.90. The molecule has 0 radical (unpaired) electrons. The van der Waals surface area contributed by atoms with Gasteiger partial charge in [-0.15, -0.1) is 10.2 Å². The van der Waals surface area contributed by atoms with Crippen LogP contribution in [-0.2, 0) is 13.5 Å². The topological polar surface area (TPSA) is 60.7 Å². The van der Waals surface area contributed by atoms with E-state index in [9.17, 15) is 4.79 Å². The number of carbonyl (C=O) groups is 1. The molecular weight excluding hydrogens is 320 g/mol. The Hall–Kier alpha value is -2.47. The first-order valence-electron chi connectivity index (χ1n) is 7.73. The van der Waals surface area contributed by atoms with Gasteiger partial charge >= 0.3 is 0 Å². The maximum absolute atomic E-state index is 12.3. The number of pyridine rings is 1. The van der Waals surface area contributed by atoms with E-state index in [-0.39, 0.29) is 5.78 Å². The van der Waals surface area contributed by atoms with Crippen LogP contribution in [0.15, 0.2) is 53.9 Å². The van der Waals surface area contributed by atoms with Crippen molar-refractivity contribution in [1.82, 2.24) is 19.7 Å². The van der Waals surface area contributed by atoms with Crippen molar-refractivity contribution in [3.05, 3.63) is 59.9 Å². The zero-order valence-electron chi connectivity index (χ0n) is 13.6. The standard InChI is InChI=1S/C18H18N4OS/c1-3-13-4-6-14(7-5-13)16(23)12-24-18-21-20-17(22(18)2)15-8-10-19-11-9-15/h4-11H,3,12H2,1-2H3. The lowest BCUT2D eigenvalue weighted by Crippen LogP contribution is -2.04. The van der Waals surface area contributed by atoms with E-state index in [4.69, 9.17) is 0 Å². The van der Waals surface area contributed by atoms with Crippen molar-refractivity contribution >= 4 is 17.5 Å². The highest BCUT2D eigenvalue weighted by Gasteiger charge is 2.13. The lowest BCUT2D eigenvalue weighted by atomic mass is 10.1. The highest BCUT2D eigenvalue weighted by molar-refractivity contribution is 7.99. The molecule has 0 unspecified atom stereocenters. The van der Waals surface area contributed by atoms with E-state index >= 15 is 0 Å². The van der Waals surface area contributed by atoms with Gasteiger partial charge in [-0.05, 0) is 24.1 Å². The van der Waals surface area contributed by atoms with Crippen LogP contribution in [0.25, 0.3) is 11.4 Å². The summed E-state index contributed by atoms with van der Waals surface area (Å²) >= 11 is 1.40. The summed E-state index contributed by atoms with van der Waals surface area (Å²) in [5, 5.41) is 9.12. The molecule has 0 bridgehead atoms. The highest BCUT2D eigenvalue weighted by Crippen LogP contribution is 2.22. The van der Waals surface area contributed by atoms with Crippen molar-refractivity contribution in [1.29, 1.82) is 0 Å². The molecule has 5 nitrogen and oxygen atoms in total. The van der Waals surface area contributed by atoms with E-state index in [2.05, 4.69) is 22.1 Å². The lowest BCUT2D eigenvalue weighted by Gasteiger charge is -2.04. The van der Waals surface area contributed by atoms with Crippen LogP contribution < -0.4 is 0 Å². The van der Waals surface area contributed by atoms with Gasteiger partial charge in [0.15, 0.2) is 16.8 Å². The molecule has 0 atom stereocenters.